The predicted octanol–water partition coefficient (Wildman–Crippen LogP) is 2.66. The molecule has 1 aromatic carbocycles. The summed E-state index contributed by atoms with van der Waals surface area (Å²) in [5.41, 5.74) is 5.42. The second-order valence-corrected chi connectivity index (χ2v) is 3.71. The van der Waals surface area contributed by atoms with Crippen molar-refractivity contribution in [2.75, 3.05) is 0 Å². The minimum atomic E-state index is -0.715. The average Bonchev–Trinajstić information content (AvgIpc) is 2.10. The van der Waals surface area contributed by atoms with Crippen LogP contribution >= 0.6 is 23.2 Å². The first-order chi connectivity index (χ1) is 6.43. The molecule has 1 aromatic rings. The number of carbonyl (C=O) groups excluding carboxylic acids is 1. The highest BCUT2D eigenvalue weighted by atomic mass is 35.5. The number of carbonyl (C=O) groups is 1. The number of hydrogen-bond acceptors (Lipinski definition) is 2. The van der Waals surface area contributed by atoms with Crippen LogP contribution in [0, 0.1) is 5.82 Å². The number of Topliss-reactive ketones (excluding diaryl/α,β-unsaturated/α-hetero) is 1. The summed E-state index contributed by atoms with van der Waals surface area (Å²) in [5.74, 6) is -1.09. The monoisotopic (exact) mass is 235 g/mol. The summed E-state index contributed by atoms with van der Waals surface area (Å²) >= 11 is 11.2. The van der Waals surface area contributed by atoms with E-state index in [9.17, 15) is 9.18 Å². The van der Waals surface area contributed by atoms with Crippen LogP contribution in [-0.2, 0) is 0 Å². The van der Waals surface area contributed by atoms with E-state index in [0.717, 1.165) is 6.07 Å². The summed E-state index contributed by atoms with van der Waals surface area (Å²) in [5, 5.41) is -0.00470. The normalized spacial score (nSPS) is 12.6. The fraction of sp³-hybridized carbons (Fsp3) is 0.222. The molecule has 0 saturated heterocycles. The molecule has 0 amide bonds. The summed E-state index contributed by atoms with van der Waals surface area (Å²) in [4.78, 5) is 11.4. The molecule has 1 atom stereocenters. The lowest BCUT2D eigenvalue weighted by Crippen LogP contribution is -2.27. The van der Waals surface area contributed by atoms with Gasteiger partial charge in [0.1, 0.15) is 5.82 Å². The lowest BCUT2D eigenvalue weighted by Gasteiger charge is -2.07. The average molecular weight is 236 g/mol. The zero-order chi connectivity index (χ0) is 10.9. The van der Waals surface area contributed by atoms with Gasteiger partial charge in [0, 0.05) is 5.56 Å². The number of hydrogen-bond donors (Lipinski definition) is 1. The highest BCUT2D eigenvalue weighted by Crippen LogP contribution is 2.24. The van der Waals surface area contributed by atoms with E-state index >= 15 is 0 Å². The van der Waals surface area contributed by atoms with Gasteiger partial charge in [0.2, 0.25) is 0 Å². The van der Waals surface area contributed by atoms with E-state index < -0.39 is 17.6 Å². The van der Waals surface area contributed by atoms with Gasteiger partial charge >= 0.3 is 0 Å². The molecule has 1 rings (SSSR count). The van der Waals surface area contributed by atoms with Gasteiger partial charge in [0.25, 0.3) is 0 Å². The maximum absolute atomic E-state index is 13.0. The van der Waals surface area contributed by atoms with Crippen molar-refractivity contribution in [2.45, 2.75) is 13.0 Å². The summed E-state index contributed by atoms with van der Waals surface area (Å²) < 4.78 is 13.0. The molecule has 0 aliphatic heterocycles. The molecule has 0 aromatic heterocycles. The first kappa shape index (κ1) is 11.4. The molecule has 0 aliphatic rings. The molecule has 2 nitrogen and oxygen atoms in total. The maximum Gasteiger partial charge on any atom is 0.180 e. The fourth-order valence-corrected chi connectivity index (χ4v) is 1.43. The van der Waals surface area contributed by atoms with Crippen molar-refractivity contribution in [1.29, 1.82) is 0 Å². The third kappa shape index (κ3) is 2.23. The Morgan fingerprint density at radius 1 is 1.43 bits per heavy atom. The largest absolute Gasteiger partial charge is 0.321 e. The Hall–Kier alpha value is -0.640. The van der Waals surface area contributed by atoms with Crippen LogP contribution in [0.25, 0.3) is 0 Å². The molecule has 14 heavy (non-hydrogen) atoms. The van der Waals surface area contributed by atoms with Crippen molar-refractivity contribution in [2.24, 2.45) is 5.73 Å². The van der Waals surface area contributed by atoms with Crippen molar-refractivity contribution in [1.82, 2.24) is 0 Å². The smallest absolute Gasteiger partial charge is 0.180 e. The summed E-state index contributed by atoms with van der Waals surface area (Å²) in [6.45, 7) is 1.51. The molecule has 0 spiro atoms. The number of nitrogens with two attached hydrogens (primary N) is 1. The van der Waals surface area contributed by atoms with Crippen molar-refractivity contribution >= 4 is 29.0 Å². The van der Waals surface area contributed by atoms with Gasteiger partial charge in [-0.05, 0) is 19.1 Å². The zero-order valence-electron chi connectivity index (χ0n) is 7.35. The Kier molecular flexibility index (Phi) is 3.48. The van der Waals surface area contributed by atoms with Crippen molar-refractivity contribution in [3.63, 3.8) is 0 Å². The Balaban J connectivity index is 3.22. The second kappa shape index (κ2) is 4.26. The SMILES string of the molecule is CC(N)C(=O)c1cc(F)c(Cl)cc1Cl. The lowest BCUT2D eigenvalue weighted by atomic mass is 10.1. The maximum atomic E-state index is 13.0. The molecule has 0 radical (unpaired) electrons. The summed E-state index contributed by atoms with van der Waals surface area (Å²) in [6, 6.07) is 1.47. The summed E-state index contributed by atoms with van der Waals surface area (Å²) in [7, 11) is 0. The van der Waals surface area contributed by atoms with Crippen LogP contribution in [-0.4, -0.2) is 11.8 Å². The van der Waals surface area contributed by atoms with Gasteiger partial charge in [-0.1, -0.05) is 23.2 Å². The fourth-order valence-electron chi connectivity index (χ4n) is 0.957. The number of rotatable bonds is 2. The minimum absolute atomic E-state index is 0.0589. The van der Waals surface area contributed by atoms with Crippen LogP contribution in [0.4, 0.5) is 4.39 Å². The van der Waals surface area contributed by atoms with Crippen LogP contribution < -0.4 is 5.73 Å². The predicted molar refractivity (Wildman–Crippen MR) is 54.4 cm³/mol. The highest BCUT2D eigenvalue weighted by Gasteiger charge is 2.16. The van der Waals surface area contributed by atoms with E-state index in [4.69, 9.17) is 28.9 Å². The van der Waals surface area contributed by atoms with E-state index in [1.54, 1.807) is 0 Å². The van der Waals surface area contributed by atoms with Gasteiger partial charge in [0.15, 0.2) is 5.78 Å². The standard InChI is InChI=1S/C9H8Cl2FNO/c1-4(13)9(14)5-2-8(12)7(11)3-6(5)10/h2-4H,13H2,1H3. The Morgan fingerprint density at radius 3 is 2.50 bits per heavy atom. The van der Waals surface area contributed by atoms with Crippen LogP contribution in [0.15, 0.2) is 12.1 Å². The minimum Gasteiger partial charge on any atom is -0.321 e. The van der Waals surface area contributed by atoms with Gasteiger partial charge in [-0.2, -0.15) is 0 Å². The van der Waals surface area contributed by atoms with E-state index in [1.807, 2.05) is 0 Å². The van der Waals surface area contributed by atoms with E-state index in [1.165, 1.54) is 13.0 Å². The van der Waals surface area contributed by atoms with E-state index in [2.05, 4.69) is 0 Å². The number of ketones is 1. The molecule has 0 heterocycles. The summed E-state index contributed by atoms with van der Waals surface area (Å²) in [6.07, 6.45) is 0. The highest BCUT2D eigenvalue weighted by molar-refractivity contribution is 6.37. The van der Waals surface area contributed by atoms with Crippen LogP contribution in [0.2, 0.25) is 10.0 Å². The zero-order valence-corrected chi connectivity index (χ0v) is 8.86. The third-order valence-corrected chi connectivity index (χ3v) is 2.29. The lowest BCUT2D eigenvalue weighted by molar-refractivity contribution is 0.0967. The van der Waals surface area contributed by atoms with Gasteiger partial charge in [-0.25, -0.2) is 4.39 Å². The van der Waals surface area contributed by atoms with Gasteiger partial charge in [-0.3, -0.25) is 4.79 Å². The first-order valence-corrected chi connectivity index (χ1v) is 4.63. The topological polar surface area (TPSA) is 43.1 Å². The molecule has 76 valence electrons. The van der Waals surface area contributed by atoms with Crippen molar-refractivity contribution in [3.8, 4) is 0 Å². The van der Waals surface area contributed by atoms with Gasteiger partial charge in [0.05, 0.1) is 16.1 Å². The molecule has 1 unspecified atom stereocenters. The van der Waals surface area contributed by atoms with Gasteiger partial charge < -0.3 is 5.73 Å². The molecule has 2 N–H and O–H groups in total. The van der Waals surface area contributed by atoms with Crippen LogP contribution in [0.3, 0.4) is 0 Å². The molecule has 0 bridgehead atoms. The molecule has 5 heteroatoms. The first-order valence-electron chi connectivity index (χ1n) is 3.88. The van der Waals surface area contributed by atoms with E-state index in [-0.39, 0.29) is 15.6 Å². The quantitative estimate of drug-likeness (QED) is 0.633. The van der Waals surface area contributed by atoms with Gasteiger partial charge in [-0.15, -0.1) is 0 Å². The van der Waals surface area contributed by atoms with Crippen molar-refractivity contribution < 1.29 is 9.18 Å². The Morgan fingerprint density at radius 2 is 2.00 bits per heavy atom. The number of benzene rings is 1. The molecule has 0 fully saturated rings. The second-order valence-electron chi connectivity index (χ2n) is 2.90. The van der Waals surface area contributed by atoms with Crippen LogP contribution in [0.5, 0.6) is 0 Å². The molecule has 0 saturated carbocycles. The molecular formula is C9H8Cl2FNO. The van der Waals surface area contributed by atoms with Crippen LogP contribution in [0.1, 0.15) is 17.3 Å². The molecular weight excluding hydrogens is 228 g/mol. The van der Waals surface area contributed by atoms with Crippen molar-refractivity contribution in [3.05, 3.63) is 33.6 Å². The Bertz CT molecular complexity index is 379. The molecule has 0 aliphatic carbocycles. The third-order valence-electron chi connectivity index (χ3n) is 1.69. The van der Waals surface area contributed by atoms with E-state index in [0.29, 0.717) is 0 Å². The number of halogens is 3. The Labute approximate surface area is 90.8 Å².